The second-order valence-corrected chi connectivity index (χ2v) is 10.6. The SMILES string of the molecule is C=CC(=O)N1CCN2Cc3c(NC4[C@H]5CN(C)C[C@@H]45)nc(-c4c(O)cccc4F)c(Cl)c3OC[C@H]2C1. The molecule has 2 N–H and O–H groups in total. The summed E-state index contributed by atoms with van der Waals surface area (Å²) in [6.45, 7) is 8.31. The van der Waals surface area contributed by atoms with Gasteiger partial charge in [0.05, 0.1) is 17.2 Å². The van der Waals surface area contributed by atoms with Gasteiger partial charge < -0.3 is 25.0 Å². The molecular weight excluding hydrogens is 485 g/mol. The second kappa shape index (κ2) is 8.90. The number of pyridine rings is 1. The van der Waals surface area contributed by atoms with Crippen LogP contribution in [-0.2, 0) is 11.3 Å². The van der Waals surface area contributed by atoms with Crippen LogP contribution in [0.25, 0.3) is 11.3 Å². The molecule has 0 radical (unpaired) electrons. The molecule has 6 rings (SSSR count). The molecule has 1 aromatic carbocycles. The molecule has 0 bridgehead atoms. The third kappa shape index (κ3) is 3.90. The number of piperidine rings is 1. The Morgan fingerprint density at radius 1 is 1.31 bits per heavy atom. The molecule has 0 spiro atoms. The molecule has 4 atom stereocenters. The largest absolute Gasteiger partial charge is 0.507 e. The highest BCUT2D eigenvalue weighted by Gasteiger charge is 2.55. The van der Waals surface area contributed by atoms with Crippen molar-refractivity contribution in [1.29, 1.82) is 0 Å². The first-order valence-electron chi connectivity index (χ1n) is 12.3. The number of halogens is 2. The minimum atomic E-state index is -0.607. The fraction of sp³-hybridized carbons (Fsp3) is 0.462. The number of anilines is 1. The van der Waals surface area contributed by atoms with Gasteiger partial charge in [-0.1, -0.05) is 24.2 Å². The molecule has 4 heterocycles. The van der Waals surface area contributed by atoms with Crippen LogP contribution >= 0.6 is 11.6 Å². The van der Waals surface area contributed by atoms with E-state index < -0.39 is 5.82 Å². The Labute approximate surface area is 214 Å². The quantitative estimate of drug-likeness (QED) is 0.608. The number of nitrogens with one attached hydrogen (secondary N) is 1. The molecule has 190 valence electrons. The Morgan fingerprint density at radius 3 is 2.81 bits per heavy atom. The molecular formula is C26H29ClFN5O3. The van der Waals surface area contributed by atoms with E-state index in [2.05, 4.69) is 28.7 Å². The summed E-state index contributed by atoms with van der Waals surface area (Å²) in [4.78, 5) is 23.4. The summed E-state index contributed by atoms with van der Waals surface area (Å²) >= 11 is 6.82. The Balaban J connectivity index is 1.39. The van der Waals surface area contributed by atoms with Gasteiger partial charge in [-0.2, -0.15) is 0 Å². The maximum absolute atomic E-state index is 14.9. The van der Waals surface area contributed by atoms with Gasteiger partial charge in [-0.3, -0.25) is 9.69 Å². The average Bonchev–Trinajstić information content (AvgIpc) is 3.39. The molecule has 10 heteroatoms. The van der Waals surface area contributed by atoms with Crippen LogP contribution in [0, 0.1) is 17.7 Å². The zero-order chi connectivity index (χ0) is 25.1. The van der Waals surface area contributed by atoms with E-state index in [4.69, 9.17) is 21.3 Å². The Kier molecular flexibility index (Phi) is 5.81. The molecule has 2 saturated heterocycles. The fourth-order valence-electron chi connectivity index (χ4n) is 5.99. The summed E-state index contributed by atoms with van der Waals surface area (Å²) in [6.07, 6.45) is 1.34. The summed E-state index contributed by atoms with van der Waals surface area (Å²) < 4.78 is 21.2. The second-order valence-electron chi connectivity index (χ2n) is 10.2. The molecule has 1 unspecified atom stereocenters. The van der Waals surface area contributed by atoms with Crippen molar-refractivity contribution in [2.45, 2.75) is 18.6 Å². The predicted octanol–water partition coefficient (Wildman–Crippen LogP) is 2.81. The van der Waals surface area contributed by atoms with Gasteiger partial charge in [0.25, 0.3) is 0 Å². The highest BCUT2D eigenvalue weighted by molar-refractivity contribution is 6.35. The van der Waals surface area contributed by atoms with E-state index in [-0.39, 0.29) is 40.0 Å². The number of carbonyl (C=O) groups excluding carboxylic acids is 1. The lowest BCUT2D eigenvalue weighted by Gasteiger charge is -2.39. The van der Waals surface area contributed by atoms with E-state index in [1.807, 2.05) is 0 Å². The summed E-state index contributed by atoms with van der Waals surface area (Å²) in [7, 11) is 2.12. The van der Waals surface area contributed by atoms with Crippen molar-refractivity contribution in [3.63, 3.8) is 0 Å². The number of hydrogen-bond donors (Lipinski definition) is 2. The zero-order valence-corrected chi connectivity index (χ0v) is 20.8. The zero-order valence-electron chi connectivity index (χ0n) is 20.1. The number of hydrogen-bond acceptors (Lipinski definition) is 7. The first kappa shape index (κ1) is 23.5. The fourth-order valence-corrected chi connectivity index (χ4v) is 6.29. The van der Waals surface area contributed by atoms with E-state index in [1.54, 1.807) is 4.90 Å². The molecule has 1 amide bonds. The van der Waals surface area contributed by atoms with E-state index >= 15 is 0 Å². The van der Waals surface area contributed by atoms with Crippen LogP contribution < -0.4 is 10.1 Å². The molecule has 1 aliphatic carbocycles. The maximum atomic E-state index is 14.9. The smallest absolute Gasteiger partial charge is 0.246 e. The van der Waals surface area contributed by atoms with Crippen molar-refractivity contribution in [3.05, 3.63) is 47.3 Å². The Bertz CT molecular complexity index is 1210. The summed E-state index contributed by atoms with van der Waals surface area (Å²) in [5.41, 5.74) is 0.932. The number of nitrogens with zero attached hydrogens (tertiary/aromatic N) is 4. The number of phenols is 1. The number of aromatic hydroxyl groups is 1. The molecule has 3 fully saturated rings. The summed E-state index contributed by atoms with van der Waals surface area (Å²) in [5, 5.41) is 14.3. The number of piperazine rings is 1. The number of benzene rings is 1. The highest BCUT2D eigenvalue weighted by Crippen LogP contribution is 2.49. The van der Waals surface area contributed by atoms with E-state index in [0.717, 1.165) is 18.7 Å². The predicted molar refractivity (Wildman–Crippen MR) is 135 cm³/mol. The number of rotatable bonds is 4. The topological polar surface area (TPSA) is 81.2 Å². The van der Waals surface area contributed by atoms with Crippen molar-refractivity contribution in [2.24, 2.45) is 11.8 Å². The van der Waals surface area contributed by atoms with Crippen LogP contribution in [0.1, 0.15) is 5.56 Å². The van der Waals surface area contributed by atoms with E-state index in [0.29, 0.717) is 56.2 Å². The number of phenolic OH excluding ortho intramolecular Hbond substituents is 1. The van der Waals surface area contributed by atoms with Crippen molar-refractivity contribution in [3.8, 4) is 22.8 Å². The standard InChI is InChI=1S/C26H29ClFN5O3/c1-3-20(35)33-8-7-32-12-17-25(36-13-14(32)9-33)22(27)24(21-18(28)5-4-6-19(21)34)30-26(17)29-23-15-10-31(2)11-16(15)23/h3-6,14-16,23,34H,1,7-13H2,2H3,(H,29,30)/t14-,15-,16+,23?/m1/s1. The monoisotopic (exact) mass is 513 g/mol. The number of aromatic nitrogens is 1. The lowest BCUT2D eigenvalue weighted by Crippen LogP contribution is -2.55. The van der Waals surface area contributed by atoms with Gasteiger partial charge >= 0.3 is 0 Å². The van der Waals surface area contributed by atoms with Gasteiger partial charge in [0.15, 0.2) is 0 Å². The van der Waals surface area contributed by atoms with Gasteiger partial charge in [0.1, 0.15) is 40.5 Å². The molecule has 1 saturated carbocycles. The van der Waals surface area contributed by atoms with E-state index in [9.17, 15) is 14.3 Å². The first-order valence-corrected chi connectivity index (χ1v) is 12.7. The highest BCUT2D eigenvalue weighted by atomic mass is 35.5. The minimum absolute atomic E-state index is 0.0294. The molecule has 1 aromatic heterocycles. The third-order valence-corrected chi connectivity index (χ3v) is 8.32. The van der Waals surface area contributed by atoms with Crippen LogP contribution in [0.2, 0.25) is 5.02 Å². The lowest BCUT2D eigenvalue weighted by atomic mass is 10.1. The molecule has 3 aliphatic heterocycles. The summed E-state index contributed by atoms with van der Waals surface area (Å²) in [5.74, 6) is 1.21. The molecule has 2 aromatic rings. The van der Waals surface area contributed by atoms with Gasteiger partial charge in [-0.15, -0.1) is 0 Å². The van der Waals surface area contributed by atoms with Crippen LogP contribution in [0.5, 0.6) is 11.5 Å². The number of amides is 1. The number of ether oxygens (including phenoxy) is 1. The van der Waals surface area contributed by atoms with Crippen LogP contribution in [0.15, 0.2) is 30.9 Å². The summed E-state index contributed by atoms with van der Waals surface area (Å²) in [6, 6.07) is 4.39. The van der Waals surface area contributed by atoms with Gasteiger partial charge in [0.2, 0.25) is 5.91 Å². The van der Waals surface area contributed by atoms with Gasteiger partial charge in [-0.25, -0.2) is 9.37 Å². The van der Waals surface area contributed by atoms with Crippen LogP contribution in [0.3, 0.4) is 0 Å². The van der Waals surface area contributed by atoms with Crippen molar-refractivity contribution in [1.82, 2.24) is 19.7 Å². The Morgan fingerprint density at radius 2 is 2.08 bits per heavy atom. The minimum Gasteiger partial charge on any atom is -0.507 e. The number of carbonyl (C=O) groups is 1. The van der Waals surface area contributed by atoms with Crippen LogP contribution in [-0.4, -0.2) is 89.2 Å². The third-order valence-electron chi connectivity index (χ3n) is 7.97. The molecule has 4 aliphatic rings. The first-order chi connectivity index (χ1) is 17.4. The average molecular weight is 514 g/mol. The maximum Gasteiger partial charge on any atom is 0.246 e. The number of fused-ring (bicyclic) bond motifs is 3. The number of likely N-dealkylation sites (tertiary alicyclic amines) is 1. The lowest BCUT2D eigenvalue weighted by molar-refractivity contribution is -0.129. The van der Waals surface area contributed by atoms with Crippen LogP contribution in [0.4, 0.5) is 10.2 Å². The normalized spacial score (nSPS) is 27.4. The van der Waals surface area contributed by atoms with Crippen molar-refractivity contribution < 1.29 is 19.0 Å². The Hall–Kier alpha value is -2.88. The van der Waals surface area contributed by atoms with E-state index in [1.165, 1.54) is 24.3 Å². The molecule has 8 nitrogen and oxygen atoms in total. The van der Waals surface area contributed by atoms with Gasteiger partial charge in [0, 0.05) is 45.3 Å². The van der Waals surface area contributed by atoms with Gasteiger partial charge in [-0.05, 0) is 37.1 Å². The molecule has 36 heavy (non-hydrogen) atoms. The van der Waals surface area contributed by atoms with Crippen molar-refractivity contribution >= 4 is 23.3 Å². The van der Waals surface area contributed by atoms with Crippen molar-refractivity contribution in [2.75, 3.05) is 51.7 Å².